The van der Waals surface area contributed by atoms with Crippen molar-refractivity contribution in [2.24, 2.45) is 0 Å². The number of nitrogens with zero attached hydrogens (tertiary/aromatic N) is 1. The smallest absolute Gasteiger partial charge is 0.254 e. The normalized spacial score (nSPS) is 20.8. The van der Waals surface area contributed by atoms with Crippen LogP contribution < -0.4 is 10.1 Å². The van der Waals surface area contributed by atoms with Crippen molar-refractivity contribution in [3.8, 4) is 5.75 Å². The first-order valence-electron chi connectivity index (χ1n) is 8.32. The minimum Gasteiger partial charge on any atom is -0.491 e. The van der Waals surface area contributed by atoms with E-state index in [0.717, 1.165) is 5.56 Å². The van der Waals surface area contributed by atoms with Crippen LogP contribution in [0.15, 0.2) is 24.3 Å². The van der Waals surface area contributed by atoms with E-state index in [2.05, 4.69) is 5.32 Å². The molecule has 2 amide bonds. The number of rotatable bonds is 5. The van der Waals surface area contributed by atoms with Crippen LogP contribution >= 0.6 is 0 Å². The summed E-state index contributed by atoms with van der Waals surface area (Å²) in [5, 5.41) is 13.4. The van der Waals surface area contributed by atoms with Crippen molar-refractivity contribution in [3.05, 3.63) is 29.8 Å². The van der Waals surface area contributed by atoms with Gasteiger partial charge in [0.15, 0.2) is 5.60 Å². The molecule has 1 saturated heterocycles. The van der Waals surface area contributed by atoms with Gasteiger partial charge >= 0.3 is 0 Å². The Hall–Kier alpha value is -2.08. The van der Waals surface area contributed by atoms with E-state index in [0.29, 0.717) is 25.1 Å². The van der Waals surface area contributed by atoms with Crippen LogP contribution in [-0.4, -0.2) is 46.6 Å². The highest BCUT2D eigenvalue weighted by molar-refractivity contribution is 5.86. The zero-order valence-electron chi connectivity index (χ0n) is 14.5. The third-order valence-electron chi connectivity index (χ3n) is 4.11. The molecule has 2 rings (SSSR count). The largest absolute Gasteiger partial charge is 0.491 e. The monoisotopic (exact) mass is 334 g/mol. The Balaban J connectivity index is 2.01. The Labute approximate surface area is 142 Å². The number of carbonyl (C=O) groups excluding carboxylic acids is 2. The van der Waals surface area contributed by atoms with Crippen molar-refractivity contribution < 1.29 is 19.4 Å². The van der Waals surface area contributed by atoms with E-state index in [4.69, 9.17) is 4.74 Å². The summed E-state index contributed by atoms with van der Waals surface area (Å²) in [5.41, 5.74) is -0.681. The zero-order valence-corrected chi connectivity index (χ0v) is 14.5. The molecule has 24 heavy (non-hydrogen) atoms. The summed E-state index contributed by atoms with van der Waals surface area (Å²) < 4.78 is 5.73. The number of aliphatic hydroxyl groups is 1. The molecule has 6 heteroatoms. The number of amides is 2. The average molecular weight is 334 g/mol. The second-order valence-corrected chi connectivity index (χ2v) is 6.53. The van der Waals surface area contributed by atoms with Gasteiger partial charge in [-0.1, -0.05) is 18.2 Å². The maximum atomic E-state index is 12.5. The molecule has 1 fully saturated rings. The molecule has 0 aromatic heterocycles. The third-order valence-corrected chi connectivity index (χ3v) is 4.11. The Bertz CT molecular complexity index is 602. The molecule has 1 aliphatic heterocycles. The number of piperidine rings is 1. The molecule has 0 bridgehead atoms. The minimum absolute atomic E-state index is 0.0357. The van der Waals surface area contributed by atoms with Crippen LogP contribution in [0.25, 0.3) is 0 Å². The molecule has 0 unspecified atom stereocenters. The SMILES string of the molecule is CC(=O)N1CCC[C@](O)(C(=O)NCc2ccccc2OC(C)C)C1. The Morgan fingerprint density at radius 3 is 2.75 bits per heavy atom. The molecular weight excluding hydrogens is 308 g/mol. The lowest BCUT2D eigenvalue weighted by Gasteiger charge is -2.37. The van der Waals surface area contributed by atoms with Gasteiger partial charge in [0.25, 0.3) is 5.91 Å². The number of nitrogens with one attached hydrogen (secondary N) is 1. The van der Waals surface area contributed by atoms with Crippen molar-refractivity contribution in [3.63, 3.8) is 0 Å². The summed E-state index contributed by atoms with van der Waals surface area (Å²) in [6.45, 7) is 6.22. The molecule has 1 aromatic rings. The Morgan fingerprint density at radius 2 is 2.08 bits per heavy atom. The fourth-order valence-electron chi connectivity index (χ4n) is 2.85. The van der Waals surface area contributed by atoms with Gasteiger partial charge < -0.3 is 20.1 Å². The average Bonchev–Trinajstić information content (AvgIpc) is 2.53. The number of hydrogen-bond donors (Lipinski definition) is 2. The van der Waals surface area contributed by atoms with E-state index in [1.807, 2.05) is 38.1 Å². The molecule has 1 heterocycles. The van der Waals surface area contributed by atoms with Gasteiger partial charge in [-0.2, -0.15) is 0 Å². The molecule has 0 aliphatic carbocycles. The summed E-state index contributed by atoms with van der Waals surface area (Å²) in [6.07, 6.45) is 0.997. The first-order chi connectivity index (χ1) is 11.3. The van der Waals surface area contributed by atoms with E-state index >= 15 is 0 Å². The third kappa shape index (κ3) is 4.47. The Kier molecular flexibility index (Phi) is 5.83. The standard InChI is InChI=1S/C18H26N2O4/c1-13(2)24-16-8-5-4-7-15(16)11-19-17(22)18(23)9-6-10-20(12-18)14(3)21/h4-5,7-8,13,23H,6,9-12H2,1-3H3,(H,19,22)/t18-/m1/s1. The molecule has 132 valence electrons. The number of β-amino-alcohol motifs (C(OH)–C–C–N with tert-alkyl or cyclic N) is 1. The number of para-hydroxylation sites is 1. The zero-order chi connectivity index (χ0) is 17.7. The van der Waals surface area contributed by atoms with Crippen molar-refractivity contribution in [1.29, 1.82) is 0 Å². The molecule has 6 nitrogen and oxygen atoms in total. The maximum Gasteiger partial charge on any atom is 0.254 e. The Morgan fingerprint density at radius 1 is 1.38 bits per heavy atom. The molecule has 0 spiro atoms. The molecule has 1 aromatic carbocycles. The van der Waals surface area contributed by atoms with Gasteiger partial charge in [-0.3, -0.25) is 9.59 Å². The summed E-state index contributed by atoms with van der Waals surface area (Å²) in [5.74, 6) is 0.137. The molecule has 1 atom stereocenters. The molecule has 0 saturated carbocycles. The van der Waals surface area contributed by atoms with Gasteiger partial charge in [0.1, 0.15) is 5.75 Å². The molecule has 0 radical (unpaired) electrons. The highest BCUT2D eigenvalue weighted by Crippen LogP contribution is 2.23. The first kappa shape index (κ1) is 18.3. The topological polar surface area (TPSA) is 78.9 Å². The quantitative estimate of drug-likeness (QED) is 0.854. The van der Waals surface area contributed by atoms with Crippen LogP contribution in [0.5, 0.6) is 5.75 Å². The summed E-state index contributed by atoms with van der Waals surface area (Å²) in [6, 6.07) is 7.49. The van der Waals surface area contributed by atoms with E-state index in [1.54, 1.807) is 0 Å². The maximum absolute atomic E-state index is 12.5. The van der Waals surface area contributed by atoms with Crippen LogP contribution in [0, 0.1) is 0 Å². The lowest BCUT2D eigenvalue weighted by Crippen LogP contribution is -2.57. The van der Waals surface area contributed by atoms with Crippen LogP contribution in [0.1, 0.15) is 39.2 Å². The number of likely N-dealkylation sites (tertiary alicyclic amines) is 1. The number of ether oxygens (including phenoxy) is 1. The van der Waals surface area contributed by atoms with Crippen molar-refractivity contribution >= 4 is 11.8 Å². The highest BCUT2D eigenvalue weighted by Gasteiger charge is 2.40. The first-order valence-corrected chi connectivity index (χ1v) is 8.32. The molecule has 2 N–H and O–H groups in total. The van der Waals surface area contributed by atoms with Crippen LogP contribution in [-0.2, 0) is 16.1 Å². The van der Waals surface area contributed by atoms with Crippen molar-refractivity contribution in [2.45, 2.75) is 51.9 Å². The van der Waals surface area contributed by atoms with E-state index in [9.17, 15) is 14.7 Å². The fraction of sp³-hybridized carbons (Fsp3) is 0.556. The van der Waals surface area contributed by atoms with Crippen LogP contribution in [0.4, 0.5) is 0 Å². The predicted octanol–water partition coefficient (Wildman–Crippen LogP) is 1.46. The summed E-state index contributed by atoms with van der Waals surface area (Å²) >= 11 is 0. The number of carbonyl (C=O) groups is 2. The lowest BCUT2D eigenvalue weighted by molar-refractivity contribution is -0.150. The van der Waals surface area contributed by atoms with Crippen LogP contribution in [0.3, 0.4) is 0 Å². The van der Waals surface area contributed by atoms with E-state index < -0.39 is 11.5 Å². The van der Waals surface area contributed by atoms with Gasteiger partial charge in [-0.25, -0.2) is 0 Å². The molecular formula is C18H26N2O4. The van der Waals surface area contributed by atoms with Gasteiger partial charge in [-0.05, 0) is 32.8 Å². The predicted molar refractivity (Wildman–Crippen MR) is 90.5 cm³/mol. The number of hydrogen-bond acceptors (Lipinski definition) is 4. The van der Waals surface area contributed by atoms with E-state index in [-0.39, 0.29) is 25.1 Å². The van der Waals surface area contributed by atoms with Gasteiger partial charge in [0.2, 0.25) is 5.91 Å². The summed E-state index contributed by atoms with van der Waals surface area (Å²) in [4.78, 5) is 25.5. The second kappa shape index (κ2) is 7.66. The van der Waals surface area contributed by atoms with Crippen molar-refractivity contribution in [2.75, 3.05) is 13.1 Å². The lowest BCUT2D eigenvalue weighted by atomic mass is 9.91. The van der Waals surface area contributed by atoms with Gasteiger partial charge in [0, 0.05) is 25.6 Å². The number of benzene rings is 1. The summed E-state index contributed by atoms with van der Waals surface area (Å²) in [7, 11) is 0. The minimum atomic E-state index is -1.53. The second-order valence-electron chi connectivity index (χ2n) is 6.53. The van der Waals surface area contributed by atoms with Gasteiger partial charge in [-0.15, -0.1) is 0 Å². The van der Waals surface area contributed by atoms with Gasteiger partial charge in [0.05, 0.1) is 12.6 Å². The fourth-order valence-corrected chi connectivity index (χ4v) is 2.85. The highest BCUT2D eigenvalue weighted by atomic mass is 16.5. The van der Waals surface area contributed by atoms with E-state index in [1.165, 1.54) is 11.8 Å². The van der Waals surface area contributed by atoms with Crippen LogP contribution in [0.2, 0.25) is 0 Å². The van der Waals surface area contributed by atoms with Crippen molar-refractivity contribution in [1.82, 2.24) is 10.2 Å². The molecule has 1 aliphatic rings.